The fourth-order valence-electron chi connectivity index (χ4n) is 1.74. The molecule has 0 aliphatic carbocycles. The molecule has 20 heavy (non-hydrogen) atoms. The number of aliphatic carboxylic acids is 1. The lowest BCUT2D eigenvalue weighted by molar-refractivity contribution is -0.138. The topological polar surface area (TPSA) is 49.3 Å². The van der Waals surface area contributed by atoms with Crippen LogP contribution in [-0.2, 0) is 4.79 Å². The quantitative estimate of drug-likeness (QED) is 0.901. The number of halogens is 3. The fraction of sp³-hybridized carbons (Fsp3) is 0.0714. The van der Waals surface area contributed by atoms with E-state index in [2.05, 4.69) is 5.32 Å². The predicted molar refractivity (Wildman–Crippen MR) is 71.8 cm³/mol. The minimum absolute atomic E-state index is 0.0284. The van der Waals surface area contributed by atoms with Crippen LogP contribution in [0.15, 0.2) is 42.5 Å². The highest BCUT2D eigenvalue weighted by Gasteiger charge is 2.24. The van der Waals surface area contributed by atoms with Gasteiger partial charge in [0.1, 0.15) is 11.6 Å². The molecule has 2 N–H and O–H groups in total. The third-order valence-electron chi connectivity index (χ3n) is 2.69. The van der Waals surface area contributed by atoms with Crippen LogP contribution in [0.2, 0.25) is 5.02 Å². The number of anilines is 1. The van der Waals surface area contributed by atoms with Crippen molar-refractivity contribution in [2.24, 2.45) is 0 Å². The molecule has 2 rings (SSSR count). The van der Waals surface area contributed by atoms with Crippen molar-refractivity contribution in [1.82, 2.24) is 0 Å². The Labute approximate surface area is 118 Å². The Morgan fingerprint density at radius 1 is 1.15 bits per heavy atom. The van der Waals surface area contributed by atoms with E-state index in [-0.39, 0.29) is 16.3 Å². The lowest BCUT2D eigenvalue weighted by Crippen LogP contribution is -2.22. The molecule has 2 aromatic carbocycles. The van der Waals surface area contributed by atoms with Gasteiger partial charge in [-0.3, -0.25) is 0 Å². The van der Waals surface area contributed by atoms with Gasteiger partial charge in [0.15, 0.2) is 6.04 Å². The van der Waals surface area contributed by atoms with Gasteiger partial charge in [0.2, 0.25) is 0 Å². The summed E-state index contributed by atoms with van der Waals surface area (Å²) in [5.74, 6) is -2.69. The van der Waals surface area contributed by atoms with E-state index in [0.717, 1.165) is 6.07 Å². The number of nitrogens with one attached hydrogen (secondary N) is 1. The maximum Gasteiger partial charge on any atom is 0.330 e. The summed E-state index contributed by atoms with van der Waals surface area (Å²) in [7, 11) is 0. The zero-order valence-corrected chi connectivity index (χ0v) is 10.9. The molecule has 0 fully saturated rings. The van der Waals surface area contributed by atoms with E-state index >= 15 is 0 Å². The largest absolute Gasteiger partial charge is 0.479 e. The lowest BCUT2D eigenvalue weighted by Gasteiger charge is -2.17. The highest BCUT2D eigenvalue weighted by Crippen LogP contribution is 2.26. The first-order valence-corrected chi connectivity index (χ1v) is 6.05. The molecule has 0 aromatic heterocycles. The Morgan fingerprint density at radius 3 is 2.50 bits per heavy atom. The number of para-hydroxylation sites is 1. The van der Waals surface area contributed by atoms with Crippen LogP contribution in [0.5, 0.6) is 0 Å². The first-order valence-electron chi connectivity index (χ1n) is 5.68. The van der Waals surface area contributed by atoms with Gasteiger partial charge in [-0.15, -0.1) is 0 Å². The van der Waals surface area contributed by atoms with Crippen LogP contribution in [0.25, 0.3) is 0 Å². The second-order valence-corrected chi connectivity index (χ2v) is 4.50. The zero-order chi connectivity index (χ0) is 14.7. The van der Waals surface area contributed by atoms with E-state index < -0.39 is 23.6 Å². The van der Waals surface area contributed by atoms with Crippen molar-refractivity contribution in [3.8, 4) is 0 Å². The van der Waals surface area contributed by atoms with E-state index in [9.17, 15) is 18.7 Å². The van der Waals surface area contributed by atoms with Crippen LogP contribution in [0.3, 0.4) is 0 Å². The Kier molecular flexibility index (Phi) is 4.20. The third kappa shape index (κ3) is 3.05. The minimum atomic E-state index is -1.44. The van der Waals surface area contributed by atoms with Crippen molar-refractivity contribution in [2.75, 3.05) is 5.32 Å². The van der Waals surface area contributed by atoms with Gasteiger partial charge in [-0.1, -0.05) is 23.7 Å². The van der Waals surface area contributed by atoms with Crippen LogP contribution >= 0.6 is 11.6 Å². The van der Waals surface area contributed by atoms with Crippen LogP contribution in [0, 0.1) is 11.6 Å². The molecule has 1 atom stereocenters. The normalized spacial score (nSPS) is 11.9. The van der Waals surface area contributed by atoms with Gasteiger partial charge in [0.25, 0.3) is 0 Å². The predicted octanol–water partition coefficient (Wildman–Crippen LogP) is 3.86. The third-order valence-corrected chi connectivity index (χ3v) is 2.92. The summed E-state index contributed by atoms with van der Waals surface area (Å²) in [6.45, 7) is 0. The van der Waals surface area contributed by atoms with E-state index in [0.29, 0.717) is 0 Å². The molecule has 0 bridgehead atoms. The molecule has 0 aliphatic heterocycles. The molecule has 0 saturated heterocycles. The smallest absolute Gasteiger partial charge is 0.330 e. The van der Waals surface area contributed by atoms with Crippen LogP contribution < -0.4 is 5.32 Å². The van der Waals surface area contributed by atoms with E-state index in [1.807, 2.05) is 0 Å². The summed E-state index contributed by atoms with van der Waals surface area (Å²) in [5.41, 5.74) is -0.187. The van der Waals surface area contributed by atoms with Crippen molar-refractivity contribution < 1.29 is 18.7 Å². The van der Waals surface area contributed by atoms with Crippen molar-refractivity contribution in [1.29, 1.82) is 0 Å². The van der Waals surface area contributed by atoms with E-state index in [1.165, 1.54) is 30.3 Å². The highest BCUT2D eigenvalue weighted by molar-refractivity contribution is 6.30. The monoisotopic (exact) mass is 297 g/mol. The molecule has 6 heteroatoms. The zero-order valence-electron chi connectivity index (χ0n) is 10.1. The Morgan fingerprint density at radius 2 is 1.85 bits per heavy atom. The number of benzene rings is 2. The molecule has 0 heterocycles. The SMILES string of the molecule is O=C(O)C(Nc1ccccc1F)c1cc(Cl)ccc1F. The van der Waals surface area contributed by atoms with Gasteiger partial charge in [-0.05, 0) is 30.3 Å². The molecule has 0 aliphatic rings. The second-order valence-electron chi connectivity index (χ2n) is 4.06. The van der Waals surface area contributed by atoms with Crippen molar-refractivity contribution in [3.63, 3.8) is 0 Å². The average molecular weight is 298 g/mol. The molecule has 0 saturated carbocycles. The molecular formula is C14H10ClF2NO2. The number of hydrogen-bond acceptors (Lipinski definition) is 2. The first-order chi connectivity index (χ1) is 9.49. The molecule has 3 nitrogen and oxygen atoms in total. The molecule has 2 aromatic rings. The summed E-state index contributed by atoms with van der Waals surface area (Å²) in [6, 6.07) is 7.69. The minimum Gasteiger partial charge on any atom is -0.479 e. The molecule has 0 spiro atoms. The summed E-state index contributed by atoms with van der Waals surface area (Å²) in [5, 5.41) is 11.9. The highest BCUT2D eigenvalue weighted by atomic mass is 35.5. The molecule has 0 radical (unpaired) electrons. The first kappa shape index (κ1) is 14.3. The lowest BCUT2D eigenvalue weighted by atomic mass is 10.1. The Hall–Kier alpha value is -2.14. The van der Waals surface area contributed by atoms with Crippen LogP contribution in [0.1, 0.15) is 11.6 Å². The van der Waals surface area contributed by atoms with Crippen molar-refractivity contribution in [3.05, 3.63) is 64.7 Å². The molecular weight excluding hydrogens is 288 g/mol. The number of rotatable bonds is 4. The van der Waals surface area contributed by atoms with Gasteiger partial charge in [-0.25, -0.2) is 13.6 Å². The summed E-state index contributed by atoms with van der Waals surface area (Å²) in [6.07, 6.45) is 0. The summed E-state index contributed by atoms with van der Waals surface area (Å²) < 4.78 is 27.3. The Balaban J connectivity index is 2.40. The van der Waals surface area contributed by atoms with Gasteiger partial charge in [0.05, 0.1) is 5.69 Å². The van der Waals surface area contributed by atoms with Crippen LogP contribution in [-0.4, -0.2) is 11.1 Å². The van der Waals surface area contributed by atoms with Crippen molar-refractivity contribution >= 4 is 23.3 Å². The summed E-state index contributed by atoms with van der Waals surface area (Å²) >= 11 is 5.74. The number of carboxylic acids is 1. The maximum absolute atomic E-state index is 13.7. The van der Waals surface area contributed by atoms with Gasteiger partial charge >= 0.3 is 5.97 Å². The van der Waals surface area contributed by atoms with Crippen LogP contribution in [0.4, 0.5) is 14.5 Å². The fourth-order valence-corrected chi connectivity index (χ4v) is 1.92. The van der Waals surface area contributed by atoms with Gasteiger partial charge < -0.3 is 10.4 Å². The van der Waals surface area contributed by atoms with E-state index in [1.54, 1.807) is 6.07 Å². The Bertz CT molecular complexity index is 649. The number of carboxylic acid groups (broad SMARTS) is 1. The number of hydrogen-bond donors (Lipinski definition) is 2. The molecule has 1 unspecified atom stereocenters. The van der Waals surface area contributed by atoms with Crippen molar-refractivity contribution in [2.45, 2.75) is 6.04 Å². The summed E-state index contributed by atoms with van der Waals surface area (Å²) in [4.78, 5) is 11.3. The molecule has 104 valence electrons. The van der Waals surface area contributed by atoms with E-state index in [4.69, 9.17) is 11.6 Å². The van der Waals surface area contributed by atoms with Gasteiger partial charge in [0, 0.05) is 10.6 Å². The number of carbonyl (C=O) groups is 1. The maximum atomic E-state index is 13.7. The van der Waals surface area contributed by atoms with Gasteiger partial charge in [-0.2, -0.15) is 0 Å². The standard InChI is InChI=1S/C14H10ClF2NO2/c15-8-5-6-10(16)9(7-8)13(14(19)20)18-12-4-2-1-3-11(12)17/h1-7,13,18H,(H,19,20). The second kappa shape index (κ2) is 5.88. The average Bonchev–Trinajstić information content (AvgIpc) is 2.40. The molecule has 0 amide bonds.